The third-order valence-corrected chi connectivity index (χ3v) is 4.01. The molecule has 1 saturated carbocycles. The van der Waals surface area contributed by atoms with E-state index in [0.717, 1.165) is 18.9 Å². The van der Waals surface area contributed by atoms with Crippen LogP contribution in [0.4, 0.5) is 10.1 Å². The van der Waals surface area contributed by atoms with Crippen molar-refractivity contribution in [2.45, 2.75) is 38.1 Å². The normalized spacial score (nSPS) is 25.8. The molecule has 0 bridgehead atoms. The van der Waals surface area contributed by atoms with Crippen molar-refractivity contribution in [2.75, 3.05) is 5.32 Å². The summed E-state index contributed by atoms with van der Waals surface area (Å²) in [4.78, 5) is 11.6. The first-order chi connectivity index (χ1) is 9.47. The van der Waals surface area contributed by atoms with Crippen LogP contribution in [-0.4, -0.2) is 16.6 Å². The summed E-state index contributed by atoms with van der Waals surface area (Å²) in [5.74, 6) is -0.917. The molecule has 0 spiro atoms. The Morgan fingerprint density at radius 2 is 2.15 bits per heavy atom. The maximum atomic E-state index is 13.1. The van der Waals surface area contributed by atoms with E-state index in [0.29, 0.717) is 24.4 Å². The number of carboxylic acid groups (broad SMARTS) is 1. The first-order valence-corrected chi connectivity index (χ1v) is 6.68. The average Bonchev–Trinajstić information content (AvgIpc) is 2.43. The van der Waals surface area contributed by atoms with Crippen molar-refractivity contribution in [1.29, 1.82) is 5.26 Å². The van der Waals surface area contributed by atoms with Gasteiger partial charge in [0.1, 0.15) is 17.4 Å². The van der Waals surface area contributed by atoms with E-state index in [1.54, 1.807) is 0 Å². The minimum atomic E-state index is -1.06. The molecule has 2 rings (SSSR count). The summed E-state index contributed by atoms with van der Waals surface area (Å²) in [6.07, 6.45) is 2.66. The maximum Gasteiger partial charge on any atom is 0.329 e. The van der Waals surface area contributed by atoms with E-state index >= 15 is 0 Å². The molecule has 2 N–H and O–H groups in total. The largest absolute Gasteiger partial charge is 0.480 e. The van der Waals surface area contributed by atoms with Gasteiger partial charge in [0.05, 0.1) is 11.3 Å². The molecule has 4 nitrogen and oxygen atoms in total. The lowest BCUT2D eigenvalue weighted by Gasteiger charge is -2.37. The number of carboxylic acids is 1. The molecule has 0 atom stereocenters. The molecule has 106 valence electrons. The predicted molar refractivity (Wildman–Crippen MR) is 72.7 cm³/mol. The Morgan fingerprint density at radius 3 is 2.70 bits per heavy atom. The van der Waals surface area contributed by atoms with E-state index < -0.39 is 17.3 Å². The minimum Gasteiger partial charge on any atom is -0.480 e. The van der Waals surface area contributed by atoms with E-state index in [1.807, 2.05) is 6.07 Å². The van der Waals surface area contributed by atoms with Crippen molar-refractivity contribution in [3.05, 3.63) is 29.6 Å². The summed E-state index contributed by atoms with van der Waals surface area (Å²) in [7, 11) is 0. The topological polar surface area (TPSA) is 73.1 Å². The number of anilines is 1. The van der Waals surface area contributed by atoms with E-state index in [-0.39, 0.29) is 5.56 Å². The highest BCUT2D eigenvalue weighted by Crippen LogP contribution is 2.35. The maximum absolute atomic E-state index is 13.1. The summed E-state index contributed by atoms with van der Waals surface area (Å²) in [6.45, 7) is 2.10. The molecular weight excluding hydrogens is 259 g/mol. The molecule has 0 heterocycles. The van der Waals surface area contributed by atoms with Crippen molar-refractivity contribution >= 4 is 11.7 Å². The van der Waals surface area contributed by atoms with Crippen molar-refractivity contribution < 1.29 is 14.3 Å². The number of nitriles is 1. The van der Waals surface area contributed by atoms with Gasteiger partial charge < -0.3 is 10.4 Å². The summed E-state index contributed by atoms with van der Waals surface area (Å²) >= 11 is 0. The van der Waals surface area contributed by atoms with Gasteiger partial charge in [0.2, 0.25) is 0 Å². The fourth-order valence-electron chi connectivity index (χ4n) is 2.62. The molecule has 0 amide bonds. The van der Waals surface area contributed by atoms with Gasteiger partial charge in [0, 0.05) is 0 Å². The Balaban J connectivity index is 2.30. The predicted octanol–water partition coefficient (Wildman–Crippen LogP) is 3.14. The third-order valence-electron chi connectivity index (χ3n) is 4.01. The molecule has 20 heavy (non-hydrogen) atoms. The number of aliphatic carboxylic acids is 1. The summed E-state index contributed by atoms with van der Waals surface area (Å²) < 4.78 is 13.1. The van der Waals surface area contributed by atoms with Crippen molar-refractivity contribution in [2.24, 2.45) is 5.92 Å². The minimum absolute atomic E-state index is 0.129. The molecule has 0 aliphatic heterocycles. The van der Waals surface area contributed by atoms with Gasteiger partial charge in [-0.2, -0.15) is 5.26 Å². The van der Waals surface area contributed by atoms with E-state index in [9.17, 15) is 14.3 Å². The zero-order chi connectivity index (χ0) is 14.8. The number of nitrogens with one attached hydrogen (secondary N) is 1. The molecule has 0 unspecified atom stereocenters. The molecule has 1 aliphatic rings. The molecule has 1 aromatic rings. The fraction of sp³-hybridized carbons (Fsp3) is 0.467. The van der Waals surface area contributed by atoms with Crippen molar-refractivity contribution in [1.82, 2.24) is 0 Å². The lowest BCUT2D eigenvalue weighted by Crippen LogP contribution is -2.49. The standard InChI is InChI=1S/C15H17FN2O2/c1-10-4-6-15(7-5-10,14(19)20)18-13-3-2-12(16)8-11(13)9-17/h2-3,8,10,18H,4-7H2,1H3,(H,19,20). The van der Waals surface area contributed by atoms with Crippen LogP contribution in [0.1, 0.15) is 38.2 Å². The van der Waals surface area contributed by atoms with E-state index in [4.69, 9.17) is 5.26 Å². The van der Waals surface area contributed by atoms with Gasteiger partial charge in [0.15, 0.2) is 0 Å². The third kappa shape index (κ3) is 2.74. The van der Waals surface area contributed by atoms with Crippen LogP contribution in [0.3, 0.4) is 0 Å². The van der Waals surface area contributed by atoms with Crippen LogP contribution in [-0.2, 0) is 4.79 Å². The van der Waals surface area contributed by atoms with Crippen molar-refractivity contribution in [3.8, 4) is 6.07 Å². The molecule has 0 aromatic heterocycles. The molecule has 1 aliphatic carbocycles. The molecule has 0 radical (unpaired) electrons. The first kappa shape index (κ1) is 14.3. The Bertz CT molecular complexity index is 557. The molecule has 1 aromatic carbocycles. The fourth-order valence-corrected chi connectivity index (χ4v) is 2.62. The van der Waals surface area contributed by atoms with Gasteiger partial charge in [0.25, 0.3) is 0 Å². The number of halogens is 1. The van der Waals surface area contributed by atoms with Crippen LogP contribution in [0.25, 0.3) is 0 Å². The second kappa shape index (κ2) is 5.49. The van der Waals surface area contributed by atoms with Crippen LogP contribution in [0.5, 0.6) is 0 Å². The SMILES string of the molecule is CC1CCC(Nc2ccc(F)cc2C#N)(C(=O)O)CC1. The average molecular weight is 276 g/mol. The second-order valence-electron chi connectivity index (χ2n) is 5.50. The van der Waals surface area contributed by atoms with Crippen molar-refractivity contribution in [3.63, 3.8) is 0 Å². The van der Waals surface area contributed by atoms with Crippen LogP contribution in [0.15, 0.2) is 18.2 Å². The number of rotatable bonds is 3. The summed E-state index contributed by atoms with van der Waals surface area (Å²) in [5.41, 5.74) is -0.550. The Kier molecular flexibility index (Phi) is 3.93. The Hall–Kier alpha value is -2.09. The highest BCUT2D eigenvalue weighted by molar-refractivity contribution is 5.83. The molecule has 5 heteroatoms. The second-order valence-corrected chi connectivity index (χ2v) is 5.50. The molecular formula is C15H17FN2O2. The van der Waals surface area contributed by atoms with Gasteiger partial charge in [-0.25, -0.2) is 9.18 Å². The summed E-state index contributed by atoms with van der Waals surface area (Å²) in [6, 6.07) is 5.66. The zero-order valence-electron chi connectivity index (χ0n) is 11.3. The first-order valence-electron chi connectivity index (χ1n) is 6.68. The van der Waals surface area contributed by atoms with E-state index in [2.05, 4.69) is 12.2 Å². The zero-order valence-corrected chi connectivity index (χ0v) is 11.3. The van der Waals surface area contributed by atoms with Crippen LogP contribution < -0.4 is 5.32 Å². The summed E-state index contributed by atoms with van der Waals surface area (Å²) in [5, 5.41) is 21.5. The number of carbonyl (C=O) groups is 1. The smallest absolute Gasteiger partial charge is 0.329 e. The highest BCUT2D eigenvalue weighted by atomic mass is 19.1. The Labute approximate surface area is 117 Å². The van der Waals surface area contributed by atoms with Crippen LogP contribution in [0, 0.1) is 23.1 Å². The molecule has 0 saturated heterocycles. The van der Waals surface area contributed by atoms with Crippen LogP contribution >= 0.6 is 0 Å². The number of hydrogen-bond donors (Lipinski definition) is 2. The number of hydrogen-bond acceptors (Lipinski definition) is 3. The lowest BCUT2D eigenvalue weighted by molar-refractivity contribution is -0.143. The van der Waals surface area contributed by atoms with Gasteiger partial charge in [-0.3, -0.25) is 0 Å². The van der Waals surface area contributed by atoms with E-state index in [1.165, 1.54) is 12.1 Å². The monoisotopic (exact) mass is 276 g/mol. The Morgan fingerprint density at radius 1 is 1.50 bits per heavy atom. The molecule has 1 fully saturated rings. The van der Waals surface area contributed by atoms with Gasteiger partial charge >= 0.3 is 5.97 Å². The van der Waals surface area contributed by atoms with Gasteiger partial charge in [-0.1, -0.05) is 6.92 Å². The van der Waals surface area contributed by atoms with Gasteiger partial charge in [-0.15, -0.1) is 0 Å². The number of nitrogens with zero attached hydrogens (tertiary/aromatic N) is 1. The lowest BCUT2D eigenvalue weighted by atomic mass is 9.77. The quantitative estimate of drug-likeness (QED) is 0.889. The van der Waals surface area contributed by atoms with Gasteiger partial charge in [-0.05, 0) is 49.8 Å². The highest BCUT2D eigenvalue weighted by Gasteiger charge is 2.41. The number of benzene rings is 1. The van der Waals surface area contributed by atoms with Crippen LogP contribution in [0.2, 0.25) is 0 Å².